The van der Waals surface area contributed by atoms with E-state index in [1.165, 1.54) is 19.3 Å². The monoisotopic (exact) mass is 161 g/mol. The minimum absolute atomic E-state index is 0.0899. The van der Waals surface area contributed by atoms with E-state index < -0.39 is 0 Å². The van der Waals surface area contributed by atoms with Crippen LogP contribution >= 0.6 is 0 Å². The van der Waals surface area contributed by atoms with Gasteiger partial charge in [0.25, 0.3) is 0 Å². The van der Waals surface area contributed by atoms with Crippen molar-refractivity contribution in [1.82, 2.24) is 0 Å². The van der Waals surface area contributed by atoms with E-state index >= 15 is 0 Å². The van der Waals surface area contributed by atoms with Gasteiger partial charge in [-0.25, -0.2) is 0 Å². The van der Waals surface area contributed by atoms with Crippen LogP contribution in [0.3, 0.4) is 0 Å². The van der Waals surface area contributed by atoms with Crippen molar-refractivity contribution < 1.29 is 0 Å². The Labute approximate surface area is 79.2 Å². The predicted molar refractivity (Wildman–Crippen MR) is 57.1 cm³/mol. The first-order chi connectivity index (χ1) is 5.55. The molecule has 1 aliphatic heterocycles. The molecule has 1 heterocycles. The zero-order chi connectivity index (χ0) is 9.19. The van der Waals surface area contributed by atoms with E-state index in [4.69, 9.17) is 7.85 Å². The largest absolute Gasteiger partial charge is 0.113 e. The van der Waals surface area contributed by atoms with Gasteiger partial charge in [-0.2, -0.15) is 0 Å². The Morgan fingerprint density at radius 3 is 2.75 bits per heavy atom. The van der Waals surface area contributed by atoms with Gasteiger partial charge >= 0.3 is 0 Å². The molecule has 0 nitrogen and oxygen atoms in total. The van der Waals surface area contributed by atoms with E-state index in [0.29, 0.717) is 0 Å². The number of hydrogen-bond acceptors (Lipinski definition) is 0. The second kappa shape index (κ2) is 3.89. The number of hydrogen-bond donors (Lipinski definition) is 0. The summed E-state index contributed by atoms with van der Waals surface area (Å²) in [5.74, 6) is 1.61. The van der Waals surface area contributed by atoms with E-state index in [-0.39, 0.29) is 5.31 Å². The summed E-state index contributed by atoms with van der Waals surface area (Å²) < 4.78 is 0. The normalized spacial score (nSPS) is 37.8. The van der Waals surface area contributed by atoms with Crippen molar-refractivity contribution >= 4 is 15.1 Å². The Morgan fingerprint density at radius 1 is 1.67 bits per heavy atom. The molecule has 0 aromatic rings. The van der Waals surface area contributed by atoms with Crippen molar-refractivity contribution in [3.63, 3.8) is 0 Å². The zero-order valence-corrected chi connectivity index (χ0v) is 8.64. The lowest BCUT2D eigenvalue weighted by atomic mass is 9.60. The third-order valence-electron chi connectivity index (χ3n) is 3.06. The molecule has 65 valence electrons. The lowest BCUT2D eigenvalue weighted by molar-refractivity contribution is 0.455. The summed E-state index contributed by atoms with van der Waals surface area (Å²) in [5.41, 5.74) is 0. The van der Waals surface area contributed by atoms with Gasteiger partial charge in [0, 0.05) is 0 Å². The standard InChI is InChI=1S/C10H19B2/c1-4-5-8(2)9-6-10(3,11)7-12-9/h8-9H,4-7H2,1-3H3. The average Bonchev–Trinajstić information content (AvgIpc) is 2.31. The molecule has 1 fully saturated rings. The summed E-state index contributed by atoms with van der Waals surface area (Å²) in [6, 6.07) is 0. The van der Waals surface area contributed by atoms with E-state index in [9.17, 15) is 0 Å². The summed E-state index contributed by atoms with van der Waals surface area (Å²) in [5, 5.41) is 0.0899. The molecular weight excluding hydrogens is 142 g/mol. The van der Waals surface area contributed by atoms with Gasteiger partial charge in [0.15, 0.2) is 0 Å². The van der Waals surface area contributed by atoms with Crippen molar-refractivity contribution in [3.8, 4) is 0 Å². The van der Waals surface area contributed by atoms with Gasteiger partial charge in [0.2, 0.25) is 0 Å². The minimum Gasteiger partial charge on any atom is -0.0824 e. The van der Waals surface area contributed by atoms with Crippen molar-refractivity contribution in [3.05, 3.63) is 0 Å². The van der Waals surface area contributed by atoms with Crippen LogP contribution in [0.2, 0.25) is 17.5 Å². The average molecular weight is 161 g/mol. The molecule has 3 radical (unpaired) electrons. The molecule has 0 amide bonds. The topological polar surface area (TPSA) is 0 Å². The van der Waals surface area contributed by atoms with Crippen LogP contribution in [0.5, 0.6) is 0 Å². The van der Waals surface area contributed by atoms with Crippen LogP contribution in [-0.4, -0.2) is 15.1 Å². The Balaban J connectivity index is 2.36. The maximum Gasteiger partial charge on any atom is 0.113 e. The van der Waals surface area contributed by atoms with Crippen LogP contribution < -0.4 is 0 Å². The van der Waals surface area contributed by atoms with Gasteiger partial charge in [-0.3, -0.25) is 0 Å². The highest BCUT2D eigenvalue weighted by atomic mass is 14.3. The molecule has 0 aliphatic carbocycles. The second-order valence-electron chi connectivity index (χ2n) is 4.73. The summed E-state index contributed by atoms with van der Waals surface area (Å²) in [6.07, 6.45) is 4.93. The Kier molecular flexibility index (Phi) is 3.31. The first-order valence-electron chi connectivity index (χ1n) is 5.17. The molecule has 3 unspecified atom stereocenters. The fraction of sp³-hybridized carbons (Fsp3) is 1.00. The Hall–Kier alpha value is 0.130. The maximum absolute atomic E-state index is 6.07. The van der Waals surface area contributed by atoms with Crippen LogP contribution in [0.25, 0.3) is 0 Å². The molecule has 0 aromatic carbocycles. The van der Waals surface area contributed by atoms with Gasteiger partial charge in [-0.05, 0) is 5.92 Å². The van der Waals surface area contributed by atoms with Crippen molar-refractivity contribution in [2.75, 3.05) is 0 Å². The summed E-state index contributed by atoms with van der Waals surface area (Å²) in [4.78, 5) is 0. The molecule has 2 heteroatoms. The smallest absolute Gasteiger partial charge is 0.0824 e. The van der Waals surface area contributed by atoms with Gasteiger partial charge < -0.3 is 0 Å². The van der Waals surface area contributed by atoms with E-state index in [2.05, 4.69) is 28.1 Å². The van der Waals surface area contributed by atoms with Crippen LogP contribution in [0.15, 0.2) is 0 Å². The molecule has 0 saturated carbocycles. The van der Waals surface area contributed by atoms with E-state index in [0.717, 1.165) is 18.1 Å². The van der Waals surface area contributed by atoms with Gasteiger partial charge in [-0.1, -0.05) is 57.5 Å². The minimum atomic E-state index is 0.0899. The van der Waals surface area contributed by atoms with Gasteiger partial charge in [-0.15, -0.1) is 0 Å². The first kappa shape index (κ1) is 10.2. The summed E-state index contributed by atoms with van der Waals surface area (Å²) >= 11 is 0. The quantitative estimate of drug-likeness (QED) is 0.557. The van der Waals surface area contributed by atoms with Crippen molar-refractivity contribution in [1.29, 1.82) is 0 Å². The molecular formula is C10H19B2. The molecule has 12 heavy (non-hydrogen) atoms. The molecule has 0 spiro atoms. The summed E-state index contributed by atoms with van der Waals surface area (Å²) in [6.45, 7) is 6.78. The molecule has 0 aromatic heterocycles. The summed E-state index contributed by atoms with van der Waals surface area (Å²) in [7, 11) is 8.50. The predicted octanol–water partition coefficient (Wildman–Crippen LogP) is 3.08. The highest BCUT2D eigenvalue weighted by Crippen LogP contribution is 2.47. The lowest BCUT2D eigenvalue weighted by Crippen LogP contribution is -2.07. The molecule has 1 rings (SSSR count). The second-order valence-corrected chi connectivity index (χ2v) is 4.73. The third kappa shape index (κ3) is 2.57. The van der Waals surface area contributed by atoms with Crippen LogP contribution in [0.1, 0.15) is 40.0 Å². The SMILES string of the molecule is [B]C1(C)C[B]C(C(C)CCC)C1. The van der Waals surface area contributed by atoms with Crippen molar-refractivity contribution in [2.45, 2.75) is 57.5 Å². The van der Waals surface area contributed by atoms with Crippen molar-refractivity contribution in [2.24, 2.45) is 5.92 Å². The highest BCUT2D eigenvalue weighted by molar-refractivity contribution is 6.42. The Morgan fingerprint density at radius 2 is 2.33 bits per heavy atom. The molecule has 3 atom stereocenters. The van der Waals surface area contributed by atoms with Crippen LogP contribution in [0, 0.1) is 5.92 Å². The van der Waals surface area contributed by atoms with Gasteiger partial charge in [0.1, 0.15) is 7.28 Å². The van der Waals surface area contributed by atoms with E-state index in [1.807, 2.05) is 0 Å². The lowest BCUT2D eigenvalue weighted by Gasteiger charge is -2.22. The molecule has 1 saturated heterocycles. The molecule has 1 aliphatic rings. The third-order valence-corrected chi connectivity index (χ3v) is 3.06. The zero-order valence-electron chi connectivity index (χ0n) is 8.64. The fourth-order valence-electron chi connectivity index (χ4n) is 2.23. The molecule has 0 N–H and O–H groups in total. The highest BCUT2D eigenvalue weighted by Gasteiger charge is 2.33. The van der Waals surface area contributed by atoms with Crippen LogP contribution in [0.4, 0.5) is 0 Å². The molecule has 0 bridgehead atoms. The number of rotatable bonds is 3. The Bertz CT molecular complexity index is 143. The first-order valence-corrected chi connectivity index (χ1v) is 5.17. The maximum atomic E-state index is 6.07. The van der Waals surface area contributed by atoms with E-state index in [1.54, 1.807) is 0 Å². The van der Waals surface area contributed by atoms with Crippen LogP contribution in [-0.2, 0) is 0 Å². The fourth-order valence-corrected chi connectivity index (χ4v) is 2.23. The van der Waals surface area contributed by atoms with Gasteiger partial charge in [0.05, 0.1) is 7.85 Å².